The van der Waals surface area contributed by atoms with Crippen LogP contribution in [0.4, 0.5) is 4.39 Å². The van der Waals surface area contributed by atoms with E-state index in [4.69, 9.17) is 4.74 Å². The van der Waals surface area contributed by atoms with Crippen LogP contribution in [0, 0.1) is 11.7 Å². The van der Waals surface area contributed by atoms with Crippen LogP contribution in [-0.4, -0.2) is 19.8 Å². The van der Waals surface area contributed by atoms with E-state index in [1.807, 2.05) is 19.2 Å². The van der Waals surface area contributed by atoms with Crippen LogP contribution < -0.4 is 5.32 Å². The van der Waals surface area contributed by atoms with Crippen molar-refractivity contribution < 1.29 is 9.13 Å². The van der Waals surface area contributed by atoms with Gasteiger partial charge in [-0.1, -0.05) is 12.1 Å². The normalized spacial score (nSPS) is 26.1. The average Bonchev–Trinajstić information content (AvgIpc) is 2.72. The van der Waals surface area contributed by atoms with Crippen LogP contribution in [0.2, 0.25) is 0 Å². The van der Waals surface area contributed by atoms with Gasteiger partial charge in [-0.2, -0.15) is 0 Å². The van der Waals surface area contributed by atoms with Crippen LogP contribution in [-0.2, 0) is 4.74 Å². The van der Waals surface area contributed by atoms with E-state index >= 15 is 0 Å². The smallest absolute Gasteiger partial charge is 0.142 e. The van der Waals surface area contributed by atoms with E-state index in [1.54, 1.807) is 6.07 Å². The lowest BCUT2D eigenvalue weighted by Crippen LogP contribution is -2.26. The third-order valence-corrected chi connectivity index (χ3v) is 3.94. The molecule has 2 rings (SSSR count). The highest BCUT2D eigenvalue weighted by Gasteiger charge is 2.31. The maximum atomic E-state index is 14.1. The zero-order valence-electron chi connectivity index (χ0n) is 10.0. The fraction of sp³-hybridized carbons (Fsp3) is 0.538. The fourth-order valence-corrected chi connectivity index (χ4v) is 2.87. The molecule has 4 heteroatoms. The quantitative estimate of drug-likeness (QED) is 0.925. The zero-order chi connectivity index (χ0) is 12.4. The number of benzene rings is 1. The van der Waals surface area contributed by atoms with Crippen molar-refractivity contribution in [3.05, 3.63) is 34.1 Å². The lowest BCUT2D eigenvalue weighted by molar-refractivity contribution is 0.117. The zero-order valence-corrected chi connectivity index (χ0v) is 11.6. The minimum atomic E-state index is -0.175. The van der Waals surface area contributed by atoms with Crippen molar-refractivity contribution in [2.45, 2.75) is 25.5 Å². The summed E-state index contributed by atoms with van der Waals surface area (Å²) in [4.78, 5) is 0. The van der Waals surface area contributed by atoms with Gasteiger partial charge in [0.15, 0.2) is 0 Å². The third kappa shape index (κ3) is 2.69. The van der Waals surface area contributed by atoms with Crippen molar-refractivity contribution in [2.75, 3.05) is 13.7 Å². The van der Waals surface area contributed by atoms with Crippen molar-refractivity contribution in [1.29, 1.82) is 0 Å². The lowest BCUT2D eigenvalue weighted by Gasteiger charge is -2.23. The van der Waals surface area contributed by atoms with Gasteiger partial charge in [0.2, 0.25) is 0 Å². The Balaban J connectivity index is 2.26. The molecule has 1 fully saturated rings. The maximum Gasteiger partial charge on any atom is 0.142 e. The summed E-state index contributed by atoms with van der Waals surface area (Å²) >= 11 is 3.23. The number of rotatable bonds is 3. The molecule has 3 unspecified atom stereocenters. The molecule has 1 aromatic rings. The molecule has 1 saturated heterocycles. The van der Waals surface area contributed by atoms with Crippen LogP contribution >= 0.6 is 15.9 Å². The minimum absolute atomic E-state index is 0.0115. The second kappa shape index (κ2) is 5.46. The van der Waals surface area contributed by atoms with E-state index < -0.39 is 0 Å². The maximum absolute atomic E-state index is 14.1. The van der Waals surface area contributed by atoms with E-state index in [0.717, 1.165) is 6.42 Å². The molecule has 3 atom stereocenters. The molecule has 1 aliphatic heterocycles. The van der Waals surface area contributed by atoms with Gasteiger partial charge >= 0.3 is 0 Å². The van der Waals surface area contributed by atoms with Crippen LogP contribution in [0.15, 0.2) is 22.7 Å². The molecular weight excluding hydrogens is 285 g/mol. The Bertz CT molecular complexity index is 399. The van der Waals surface area contributed by atoms with Gasteiger partial charge < -0.3 is 10.1 Å². The van der Waals surface area contributed by atoms with Crippen LogP contribution in [0.1, 0.15) is 24.9 Å². The van der Waals surface area contributed by atoms with Gasteiger partial charge in [0.1, 0.15) is 5.82 Å². The van der Waals surface area contributed by atoms with Gasteiger partial charge in [0.25, 0.3) is 0 Å². The van der Waals surface area contributed by atoms with Crippen molar-refractivity contribution in [2.24, 2.45) is 5.92 Å². The fourth-order valence-electron chi connectivity index (χ4n) is 2.49. The largest absolute Gasteiger partial charge is 0.378 e. The van der Waals surface area contributed by atoms with Crippen molar-refractivity contribution in [1.82, 2.24) is 5.32 Å². The molecule has 0 aliphatic carbocycles. The Kier molecular flexibility index (Phi) is 4.17. The number of nitrogens with one attached hydrogen (secondary N) is 1. The van der Waals surface area contributed by atoms with E-state index in [0.29, 0.717) is 22.6 Å². The van der Waals surface area contributed by atoms with Gasteiger partial charge in [0, 0.05) is 17.5 Å². The summed E-state index contributed by atoms with van der Waals surface area (Å²) in [6.45, 7) is 2.75. The number of hydrogen-bond donors (Lipinski definition) is 1. The topological polar surface area (TPSA) is 21.3 Å². The van der Waals surface area contributed by atoms with Gasteiger partial charge in [-0.3, -0.25) is 0 Å². The average molecular weight is 302 g/mol. The molecular formula is C13H17BrFNO. The Morgan fingerprint density at radius 1 is 1.53 bits per heavy atom. The number of hydrogen-bond acceptors (Lipinski definition) is 2. The summed E-state index contributed by atoms with van der Waals surface area (Å²) < 4.78 is 20.1. The Hall–Kier alpha value is -0.450. The molecule has 1 heterocycles. The summed E-state index contributed by atoms with van der Waals surface area (Å²) in [6.07, 6.45) is 1.24. The summed E-state index contributed by atoms with van der Waals surface area (Å²) in [5.74, 6) is 0.158. The molecule has 0 amide bonds. The predicted molar refractivity (Wildman–Crippen MR) is 69.4 cm³/mol. The molecule has 0 saturated carbocycles. The van der Waals surface area contributed by atoms with Crippen molar-refractivity contribution >= 4 is 15.9 Å². The molecule has 17 heavy (non-hydrogen) atoms. The summed E-state index contributed by atoms with van der Waals surface area (Å²) in [7, 11) is 1.87. The molecule has 1 aromatic carbocycles. The first kappa shape index (κ1) is 13.0. The summed E-state index contributed by atoms with van der Waals surface area (Å²) in [6, 6.07) is 5.44. The first-order valence-electron chi connectivity index (χ1n) is 5.86. The molecule has 0 bridgehead atoms. The molecule has 0 aromatic heterocycles. The second-order valence-corrected chi connectivity index (χ2v) is 5.40. The van der Waals surface area contributed by atoms with Crippen LogP contribution in [0.5, 0.6) is 0 Å². The van der Waals surface area contributed by atoms with E-state index in [1.165, 1.54) is 0 Å². The Morgan fingerprint density at radius 2 is 2.29 bits per heavy atom. The third-order valence-electron chi connectivity index (χ3n) is 3.33. The van der Waals surface area contributed by atoms with Crippen molar-refractivity contribution in [3.8, 4) is 0 Å². The lowest BCUT2D eigenvalue weighted by atomic mass is 9.91. The molecule has 1 N–H and O–H groups in total. The highest BCUT2D eigenvalue weighted by molar-refractivity contribution is 9.10. The number of ether oxygens (including phenoxy) is 1. The highest BCUT2D eigenvalue weighted by Crippen LogP contribution is 2.34. The van der Waals surface area contributed by atoms with Crippen molar-refractivity contribution in [3.63, 3.8) is 0 Å². The Morgan fingerprint density at radius 3 is 2.88 bits per heavy atom. The van der Waals surface area contributed by atoms with E-state index in [9.17, 15) is 4.39 Å². The van der Waals surface area contributed by atoms with Gasteiger partial charge in [-0.05, 0) is 42.4 Å². The molecule has 94 valence electrons. The Labute approximate surface area is 110 Å². The monoisotopic (exact) mass is 301 g/mol. The first-order valence-corrected chi connectivity index (χ1v) is 6.65. The SMILES string of the molecule is CNC(c1cccc(Br)c1F)C1COC(C)C1. The second-order valence-electron chi connectivity index (χ2n) is 4.55. The van der Waals surface area contributed by atoms with E-state index in [2.05, 4.69) is 28.2 Å². The summed E-state index contributed by atoms with van der Waals surface area (Å²) in [5, 5.41) is 3.21. The molecule has 2 nitrogen and oxygen atoms in total. The van der Waals surface area contributed by atoms with Crippen LogP contribution in [0.25, 0.3) is 0 Å². The van der Waals surface area contributed by atoms with Gasteiger partial charge in [0.05, 0.1) is 17.2 Å². The standard InChI is InChI=1S/C13H17BrFNO/c1-8-6-9(7-17-8)13(16-2)10-4-3-5-11(14)12(10)15/h3-5,8-9,13,16H,6-7H2,1-2H3. The molecule has 0 radical (unpaired) electrons. The summed E-state index contributed by atoms with van der Waals surface area (Å²) in [5.41, 5.74) is 0.713. The van der Waals surface area contributed by atoms with E-state index in [-0.39, 0.29) is 18.0 Å². The van der Waals surface area contributed by atoms with Gasteiger partial charge in [-0.15, -0.1) is 0 Å². The number of halogens is 2. The van der Waals surface area contributed by atoms with Gasteiger partial charge in [-0.25, -0.2) is 4.39 Å². The predicted octanol–water partition coefficient (Wildman–Crippen LogP) is 3.27. The minimum Gasteiger partial charge on any atom is -0.378 e. The molecule has 0 spiro atoms. The van der Waals surface area contributed by atoms with Crippen LogP contribution in [0.3, 0.4) is 0 Å². The highest BCUT2D eigenvalue weighted by atomic mass is 79.9. The molecule has 1 aliphatic rings. The first-order chi connectivity index (χ1) is 8.13.